The van der Waals surface area contributed by atoms with Gasteiger partial charge in [-0.3, -0.25) is 9.69 Å². The summed E-state index contributed by atoms with van der Waals surface area (Å²) in [4.78, 5) is 24.6. The van der Waals surface area contributed by atoms with Crippen molar-refractivity contribution in [2.45, 2.75) is 13.0 Å². The Kier molecular flexibility index (Phi) is 4.66. The van der Waals surface area contributed by atoms with E-state index in [1.807, 2.05) is 36.4 Å². The zero-order valence-electron chi connectivity index (χ0n) is 14.7. The highest BCUT2D eigenvalue weighted by Crippen LogP contribution is 2.24. The zero-order chi connectivity index (χ0) is 18.1. The minimum absolute atomic E-state index is 0.0637. The van der Waals surface area contributed by atoms with Crippen molar-refractivity contribution in [3.63, 3.8) is 0 Å². The van der Waals surface area contributed by atoms with Gasteiger partial charge in [0.15, 0.2) is 0 Å². The van der Waals surface area contributed by atoms with Crippen LogP contribution in [0.3, 0.4) is 0 Å². The number of para-hydroxylation sites is 1. The lowest BCUT2D eigenvalue weighted by Crippen LogP contribution is -2.47. The van der Waals surface area contributed by atoms with Crippen molar-refractivity contribution in [2.75, 3.05) is 31.1 Å². The number of aromatic nitrogens is 2. The molecule has 1 N–H and O–H groups in total. The summed E-state index contributed by atoms with van der Waals surface area (Å²) < 4.78 is 0. The number of hydrogen-bond acceptors (Lipinski definition) is 4. The molecule has 0 spiro atoms. The molecule has 1 unspecified atom stereocenters. The lowest BCUT2D eigenvalue weighted by molar-refractivity contribution is 0.192. The number of benzene rings is 2. The average Bonchev–Trinajstić information content (AvgIpc) is 2.67. The summed E-state index contributed by atoms with van der Waals surface area (Å²) in [6.45, 7) is 5.75. The van der Waals surface area contributed by atoms with Crippen LogP contribution in [-0.2, 0) is 0 Å². The normalized spacial score (nSPS) is 16.8. The Morgan fingerprint density at radius 3 is 2.62 bits per heavy atom. The smallest absolute Gasteiger partial charge is 0.258 e. The lowest BCUT2D eigenvalue weighted by Gasteiger charge is -2.38. The Labute approximate surface area is 157 Å². The van der Waals surface area contributed by atoms with E-state index < -0.39 is 0 Å². The first kappa shape index (κ1) is 17.1. The first-order valence-electron chi connectivity index (χ1n) is 8.85. The molecule has 134 valence electrons. The van der Waals surface area contributed by atoms with Crippen LogP contribution < -0.4 is 10.5 Å². The van der Waals surface area contributed by atoms with Crippen LogP contribution in [0.25, 0.3) is 10.9 Å². The van der Waals surface area contributed by atoms with Crippen LogP contribution in [0.5, 0.6) is 0 Å². The number of nitrogens with one attached hydrogen (secondary N) is 1. The van der Waals surface area contributed by atoms with E-state index in [4.69, 9.17) is 11.6 Å². The largest absolute Gasteiger partial charge is 0.369 e. The molecule has 1 aliphatic rings. The minimum Gasteiger partial charge on any atom is -0.369 e. The summed E-state index contributed by atoms with van der Waals surface area (Å²) in [6, 6.07) is 15.5. The number of nitrogens with zero attached hydrogens (tertiary/aromatic N) is 3. The summed E-state index contributed by atoms with van der Waals surface area (Å²) in [6.07, 6.45) is 0. The lowest BCUT2D eigenvalue weighted by atomic mass is 10.2. The highest BCUT2D eigenvalue weighted by Gasteiger charge is 2.24. The highest BCUT2D eigenvalue weighted by molar-refractivity contribution is 6.30. The van der Waals surface area contributed by atoms with Gasteiger partial charge < -0.3 is 9.88 Å². The van der Waals surface area contributed by atoms with Crippen molar-refractivity contribution in [2.24, 2.45) is 0 Å². The molecule has 0 radical (unpaired) electrons. The second kappa shape index (κ2) is 7.09. The standard InChI is InChI=1S/C20H21ClN4O/c1-14(19-22-18-8-3-2-7-17(18)20(26)23-19)24-9-11-25(12-10-24)16-6-4-5-15(21)13-16/h2-8,13-14H,9-12H2,1H3,(H,22,23,26). The van der Waals surface area contributed by atoms with Crippen LogP contribution in [0.1, 0.15) is 18.8 Å². The molecule has 0 bridgehead atoms. The Bertz CT molecular complexity index is 979. The van der Waals surface area contributed by atoms with Crippen LogP contribution >= 0.6 is 11.6 Å². The van der Waals surface area contributed by atoms with Gasteiger partial charge in [0.2, 0.25) is 0 Å². The molecule has 1 aliphatic heterocycles. The van der Waals surface area contributed by atoms with Crippen LogP contribution in [0.4, 0.5) is 5.69 Å². The molecule has 1 aromatic heterocycles. The van der Waals surface area contributed by atoms with Crippen molar-refractivity contribution in [3.05, 3.63) is 69.7 Å². The van der Waals surface area contributed by atoms with Gasteiger partial charge in [-0.15, -0.1) is 0 Å². The van der Waals surface area contributed by atoms with Crippen LogP contribution in [-0.4, -0.2) is 41.0 Å². The molecular weight excluding hydrogens is 348 g/mol. The van der Waals surface area contributed by atoms with E-state index in [-0.39, 0.29) is 11.6 Å². The number of H-pyrrole nitrogens is 1. The molecule has 2 heterocycles. The number of piperazine rings is 1. The molecule has 0 aliphatic carbocycles. The quantitative estimate of drug-likeness (QED) is 0.769. The van der Waals surface area contributed by atoms with Gasteiger partial charge in [-0.2, -0.15) is 0 Å². The third kappa shape index (κ3) is 3.32. The maximum absolute atomic E-state index is 12.3. The van der Waals surface area contributed by atoms with Crippen molar-refractivity contribution in [3.8, 4) is 0 Å². The second-order valence-corrected chi connectivity index (χ2v) is 7.08. The van der Waals surface area contributed by atoms with E-state index in [0.29, 0.717) is 5.39 Å². The number of anilines is 1. The van der Waals surface area contributed by atoms with Gasteiger partial charge in [-0.05, 0) is 37.3 Å². The van der Waals surface area contributed by atoms with Gasteiger partial charge in [0.1, 0.15) is 5.82 Å². The van der Waals surface area contributed by atoms with Crippen LogP contribution in [0, 0.1) is 0 Å². The Morgan fingerprint density at radius 2 is 1.85 bits per heavy atom. The van der Waals surface area contributed by atoms with E-state index in [0.717, 1.165) is 48.2 Å². The van der Waals surface area contributed by atoms with E-state index >= 15 is 0 Å². The summed E-state index contributed by atoms with van der Waals surface area (Å²) in [5.74, 6) is 0.727. The first-order chi connectivity index (χ1) is 12.6. The minimum atomic E-state index is -0.0741. The zero-order valence-corrected chi connectivity index (χ0v) is 15.4. The van der Waals surface area contributed by atoms with Crippen molar-refractivity contribution < 1.29 is 0 Å². The van der Waals surface area contributed by atoms with Crippen LogP contribution in [0.15, 0.2) is 53.3 Å². The van der Waals surface area contributed by atoms with E-state index in [1.54, 1.807) is 6.07 Å². The van der Waals surface area contributed by atoms with Crippen molar-refractivity contribution in [1.82, 2.24) is 14.9 Å². The molecule has 2 aromatic carbocycles. The summed E-state index contributed by atoms with van der Waals surface area (Å²) in [7, 11) is 0. The van der Waals surface area contributed by atoms with Gasteiger partial charge >= 0.3 is 0 Å². The maximum Gasteiger partial charge on any atom is 0.258 e. The summed E-state index contributed by atoms with van der Waals surface area (Å²) in [5.41, 5.74) is 1.83. The molecule has 1 fully saturated rings. The predicted octanol–water partition coefficient (Wildman–Crippen LogP) is 3.46. The SMILES string of the molecule is CC(c1nc2ccccc2c(=O)[nH]1)N1CCN(c2cccc(Cl)c2)CC1. The average molecular weight is 369 g/mol. The monoisotopic (exact) mass is 368 g/mol. The van der Waals surface area contributed by atoms with Crippen LogP contribution in [0.2, 0.25) is 5.02 Å². The number of aromatic amines is 1. The maximum atomic E-state index is 12.3. The summed E-state index contributed by atoms with van der Waals surface area (Å²) >= 11 is 6.11. The third-order valence-electron chi connectivity index (χ3n) is 5.06. The van der Waals surface area contributed by atoms with Gasteiger partial charge in [0, 0.05) is 36.9 Å². The van der Waals surface area contributed by atoms with Crippen molar-refractivity contribution in [1.29, 1.82) is 0 Å². The topological polar surface area (TPSA) is 52.2 Å². The Balaban J connectivity index is 1.50. The van der Waals surface area contributed by atoms with Gasteiger partial charge in [-0.1, -0.05) is 29.8 Å². The predicted molar refractivity (Wildman–Crippen MR) is 106 cm³/mol. The van der Waals surface area contributed by atoms with Gasteiger partial charge in [0.05, 0.1) is 16.9 Å². The molecular formula is C20H21ClN4O. The van der Waals surface area contributed by atoms with E-state index in [1.165, 1.54) is 0 Å². The van der Waals surface area contributed by atoms with E-state index in [2.05, 4.69) is 32.8 Å². The van der Waals surface area contributed by atoms with E-state index in [9.17, 15) is 4.79 Å². The molecule has 1 atom stereocenters. The number of rotatable bonds is 3. The first-order valence-corrected chi connectivity index (χ1v) is 9.23. The molecule has 26 heavy (non-hydrogen) atoms. The molecule has 4 rings (SSSR count). The fourth-order valence-corrected chi connectivity index (χ4v) is 3.70. The Morgan fingerprint density at radius 1 is 1.08 bits per heavy atom. The molecule has 0 amide bonds. The van der Waals surface area contributed by atoms with Crippen molar-refractivity contribution >= 4 is 28.2 Å². The molecule has 3 aromatic rings. The molecule has 0 saturated carbocycles. The second-order valence-electron chi connectivity index (χ2n) is 6.65. The third-order valence-corrected chi connectivity index (χ3v) is 5.30. The molecule has 5 nitrogen and oxygen atoms in total. The molecule has 1 saturated heterocycles. The Hall–Kier alpha value is -2.37. The number of hydrogen-bond donors (Lipinski definition) is 1. The fraction of sp³-hybridized carbons (Fsp3) is 0.300. The van der Waals surface area contributed by atoms with Gasteiger partial charge in [0.25, 0.3) is 5.56 Å². The molecule has 6 heteroatoms. The summed E-state index contributed by atoms with van der Waals surface area (Å²) in [5, 5.41) is 1.39. The highest BCUT2D eigenvalue weighted by atomic mass is 35.5. The fourth-order valence-electron chi connectivity index (χ4n) is 3.52. The van der Waals surface area contributed by atoms with Gasteiger partial charge in [-0.25, -0.2) is 4.98 Å². The number of halogens is 1. The number of fused-ring (bicyclic) bond motifs is 1.